The van der Waals surface area contributed by atoms with Gasteiger partial charge >= 0.3 is 11.8 Å². The summed E-state index contributed by atoms with van der Waals surface area (Å²) in [6.45, 7) is 0. The second kappa shape index (κ2) is 6.90. The lowest BCUT2D eigenvalue weighted by atomic mass is 10.3. The Morgan fingerprint density at radius 1 is 1.05 bits per heavy atom. The molecule has 0 aliphatic rings. The van der Waals surface area contributed by atoms with Crippen LogP contribution in [0, 0.1) is 5.82 Å². The maximum atomic E-state index is 12.7. The number of pyridine rings is 1. The number of hydrogen-bond donors (Lipinski definition) is 2. The molecular formula is C14H11FN4O2. The van der Waals surface area contributed by atoms with Crippen LogP contribution in [-0.2, 0) is 9.59 Å². The first-order valence-corrected chi connectivity index (χ1v) is 5.95. The Balaban J connectivity index is 1.87. The highest BCUT2D eigenvalue weighted by Crippen LogP contribution is 2.07. The van der Waals surface area contributed by atoms with Gasteiger partial charge in [0.1, 0.15) is 5.82 Å². The van der Waals surface area contributed by atoms with Crippen LogP contribution in [0.25, 0.3) is 0 Å². The predicted molar refractivity (Wildman–Crippen MR) is 75.0 cm³/mol. The molecule has 0 aliphatic carbocycles. The number of benzene rings is 1. The van der Waals surface area contributed by atoms with Crippen LogP contribution >= 0.6 is 0 Å². The minimum absolute atomic E-state index is 0.315. The maximum Gasteiger partial charge on any atom is 0.329 e. The predicted octanol–water partition coefficient (Wildman–Crippen LogP) is 1.31. The molecule has 2 aromatic rings. The van der Waals surface area contributed by atoms with Crippen LogP contribution in [0.2, 0.25) is 0 Å². The van der Waals surface area contributed by atoms with E-state index in [4.69, 9.17) is 0 Å². The van der Waals surface area contributed by atoms with Gasteiger partial charge in [0.25, 0.3) is 0 Å². The van der Waals surface area contributed by atoms with Crippen molar-refractivity contribution in [3.63, 3.8) is 0 Å². The van der Waals surface area contributed by atoms with Crippen LogP contribution in [0.4, 0.5) is 10.1 Å². The fraction of sp³-hybridized carbons (Fsp3) is 0. The molecule has 21 heavy (non-hydrogen) atoms. The monoisotopic (exact) mass is 286 g/mol. The average Bonchev–Trinajstić information content (AvgIpc) is 2.50. The van der Waals surface area contributed by atoms with Gasteiger partial charge in [-0.25, -0.2) is 9.82 Å². The van der Waals surface area contributed by atoms with Gasteiger partial charge in [-0.05, 0) is 42.0 Å². The molecule has 106 valence electrons. The van der Waals surface area contributed by atoms with E-state index in [1.165, 1.54) is 30.5 Å². The normalized spacial score (nSPS) is 10.3. The van der Waals surface area contributed by atoms with E-state index in [9.17, 15) is 14.0 Å². The van der Waals surface area contributed by atoms with Crippen molar-refractivity contribution in [3.8, 4) is 0 Å². The van der Waals surface area contributed by atoms with Crippen LogP contribution in [0.15, 0.2) is 53.9 Å². The third-order valence-electron chi connectivity index (χ3n) is 2.39. The molecule has 0 saturated heterocycles. The van der Waals surface area contributed by atoms with Crippen molar-refractivity contribution in [3.05, 3.63) is 60.2 Å². The van der Waals surface area contributed by atoms with Gasteiger partial charge in [0, 0.05) is 18.1 Å². The van der Waals surface area contributed by atoms with Crippen LogP contribution in [0.1, 0.15) is 5.56 Å². The van der Waals surface area contributed by atoms with Gasteiger partial charge in [0.15, 0.2) is 0 Å². The zero-order valence-corrected chi connectivity index (χ0v) is 10.8. The first-order valence-electron chi connectivity index (χ1n) is 5.95. The number of anilines is 1. The Bertz CT molecular complexity index is 656. The van der Waals surface area contributed by atoms with Gasteiger partial charge < -0.3 is 5.32 Å². The summed E-state index contributed by atoms with van der Waals surface area (Å²) in [5.74, 6) is -2.25. The molecule has 0 unspecified atom stereocenters. The molecule has 7 heteroatoms. The minimum Gasteiger partial charge on any atom is -0.318 e. The first kappa shape index (κ1) is 14.3. The number of aromatic nitrogens is 1. The largest absolute Gasteiger partial charge is 0.329 e. The van der Waals surface area contributed by atoms with Crippen LogP contribution in [0.5, 0.6) is 0 Å². The smallest absolute Gasteiger partial charge is 0.318 e. The third kappa shape index (κ3) is 4.50. The molecule has 2 N–H and O–H groups in total. The summed E-state index contributed by atoms with van der Waals surface area (Å²) in [7, 11) is 0. The molecule has 2 amide bonds. The second-order valence-electron chi connectivity index (χ2n) is 3.94. The highest BCUT2D eigenvalue weighted by molar-refractivity contribution is 6.39. The van der Waals surface area contributed by atoms with Crippen LogP contribution in [-0.4, -0.2) is 23.0 Å². The molecule has 0 fully saturated rings. The van der Waals surface area contributed by atoms with Gasteiger partial charge in [0.05, 0.1) is 6.21 Å². The minimum atomic E-state index is -0.926. The molecule has 0 bridgehead atoms. The Hall–Kier alpha value is -3.09. The van der Waals surface area contributed by atoms with Crippen LogP contribution in [0.3, 0.4) is 0 Å². The lowest BCUT2D eigenvalue weighted by molar-refractivity contribution is -0.136. The van der Waals surface area contributed by atoms with Crippen molar-refractivity contribution in [1.29, 1.82) is 0 Å². The van der Waals surface area contributed by atoms with Crippen molar-refractivity contribution in [1.82, 2.24) is 10.4 Å². The molecule has 1 heterocycles. The van der Waals surface area contributed by atoms with E-state index in [-0.39, 0.29) is 0 Å². The number of nitrogens with one attached hydrogen (secondary N) is 2. The Morgan fingerprint density at radius 2 is 1.71 bits per heavy atom. The molecule has 0 radical (unpaired) electrons. The summed E-state index contributed by atoms with van der Waals surface area (Å²) in [6, 6.07) is 8.42. The summed E-state index contributed by atoms with van der Waals surface area (Å²) in [5.41, 5.74) is 3.13. The van der Waals surface area contributed by atoms with E-state index >= 15 is 0 Å². The Morgan fingerprint density at radius 3 is 2.38 bits per heavy atom. The number of hydrazone groups is 1. The fourth-order valence-electron chi connectivity index (χ4n) is 1.39. The molecule has 0 atom stereocenters. The van der Waals surface area contributed by atoms with Crippen LogP contribution < -0.4 is 10.7 Å². The Labute approximate surface area is 119 Å². The van der Waals surface area contributed by atoms with E-state index in [1.807, 2.05) is 0 Å². The van der Waals surface area contributed by atoms with E-state index in [2.05, 4.69) is 20.8 Å². The first-order chi connectivity index (χ1) is 10.1. The molecule has 1 aromatic carbocycles. The van der Waals surface area contributed by atoms with Gasteiger partial charge in [-0.1, -0.05) is 0 Å². The van der Waals surface area contributed by atoms with Crippen molar-refractivity contribution in [2.24, 2.45) is 5.10 Å². The number of hydrogen-bond acceptors (Lipinski definition) is 4. The lowest BCUT2D eigenvalue weighted by Crippen LogP contribution is -2.32. The van der Waals surface area contributed by atoms with Gasteiger partial charge in [-0.2, -0.15) is 5.10 Å². The average molecular weight is 286 g/mol. The van der Waals surface area contributed by atoms with Crippen molar-refractivity contribution >= 4 is 23.7 Å². The third-order valence-corrected chi connectivity index (χ3v) is 2.39. The maximum absolute atomic E-state index is 12.7. The second-order valence-corrected chi connectivity index (χ2v) is 3.94. The van der Waals surface area contributed by atoms with Gasteiger partial charge in [0.2, 0.25) is 0 Å². The quantitative estimate of drug-likeness (QED) is 0.507. The molecule has 0 saturated carbocycles. The van der Waals surface area contributed by atoms with Gasteiger partial charge in [-0.3, -0.25) is 14.6 Å². The molecule has 2 rings (SSSR count). The number of halogens is 1. The SMILES string of the molecule is O=C(NN=Cc1ccncc1)C(=O)Nc1ccc(F)cc1. The topological polar surface area (TPSA) is 83.5 Å². The zero-order valence-electron chi connectivity index (χ0n) is 10.8. The van der Waals surface area contributed by atoms with Crippen molar-refractivity contribution in [2.45, 2.75) is 0 Å². The lowest BCUT2D eigenvalue weighted by Gasteiger charge is -2.03. The summed E-state index contributed by atoms with van der Waals surface area (Å²) >= 11 is 0. The molecule has 1 aromatic heterocycles. The molecule has 6 nitrogen and oxygen atoms in total. The number of carbonyl (C=O) groups excluding carboxylic acids is 2. The van der Waals surface area contributed by atoms with E-state index in [1.54, 1.807) is 24.5 Å². The molecule has 0 spiro atoms. The van der Waals surface area contributed by atoms with Crippen molar-refractivity contribution in [2.75, 3.05) is 5.32 Å². The zero-order chi connectivity index (χ0) is 15.1. The number of nitrogens with zero attached hydrogens (tertiary/aromatic N) is 2. The number of amides is 2. The molecular weight excluding hydrogens is 275 g/mol. The van der Waals surface area contributed by atoms with Crippen molar-refractivity contribution < 1.29 is 14.0 Å². The summed E-state index contributed by atoms with van der Waals surface area (Å²) in [4.78, 5) is 26.9. The number of carbonyl (C=O) groups is 2. The number of rotatable bonds is 3. The highest BCUT2D eigenvalue weighted by Gasteiger charge is 2.12. The summed E-state index contributed by atoms with van der Waals surface area (Å²) < 4.78 is 12.7. The summed E-state index contributed by atoms with van der Waals surface area (Å²) in [6.07, 6.45) is 4.53. The van der Waals surface area contributed by atoms with E-state index in [0.717, 1.165) is 5.56 Å². The summed E-state index contributed by atoms with van der Waals surface area (Å²) in [5, 5.41) is 5.96. The van der Waals surface area contributed by atoms with E-state index in [0.29, 0.717) is 5.69 Å². The highest BCUT2D eigenvalue weighted by atomic mass is 19.1. The Kier molecular flexibility index (Phi) is 4.70. The molecule has 0 aliphatic heterocycles. The fourth-order valence-corrected chi connectivity index (χ4v) is 1.39. The van der Waals surface area contributed by atoms with Gasteiger partial charge in [-0.15, -0.1) is 0 Å². The van der Waals surface area contributed by atoms with E-state index < -0.39 is 17.6 Å². The standard InChI is InChI=1S/C14H11FN4O2/c15-11-1-3-12(4-2-11)18-13(20)14(21)19-17-9-10-5-7-16-8-6-10/h1-9H,(H,18,20)(H,19,21).